The normalized spacial score (nSPS) is 16.2. The summed E-state index contributed by atoms with van der Waals surface area (Å²) in [6.07, 6.45) is -2.44. The molecule has 1 aliphatic rings. The van der Waals surface area contributed by atoms with E-state index in [4.69, 9.17) is 0 Å². The Labute approximate surface area is 91.3 Å². The van der Waals surface area contributed by atoms with Gasteiger partial charge in [0.05, 0.1) is 0 Å². The van der Waals surface area contributed by atoms with Gasteiger partial charge in [-0.2, -0.15) is 13.2 Å². The van der Waals surface area contributed by atoms with Crippen molar-refractivity contribution in [2.45, 2.75) is 6.18 Å². The molecule has 1 aliphatic heterocycles. The summed E-state index contributed by atoms with van der Waals surface area (Å²) in [5, 5.41) is 6.44. The maximum Gasteiger partial charge on any atom is 0.433 e. The summed E-state index contributed by atoms with van der Waals surface area (Å²) < 4.78 is 35.1. The summed E-state index contributed by atoms with van der Waals surface area (Å²) in [5.41, 5.74) is -0.914. The van der Waals surface area contributed by atoms with Crippen molar-refractivity contribution in [3.8, 4) is 0 Å². The van der Waals surface area contributed by atoms with E-state index >= 15 is 0 Å². The first-order valence-corrected chi connectivity index (χ1v) is 4.85. The number of nitrogens with zero attached hydrogens (tertiary/aromatic N) is 2. The molecule has 90 valence electrons. The second kappa shape index (κ2) is 6.39. The average Bonchev–Trinajstić information content (AvgIpc) is 2.32. The van der Waals surface area contributed by atoms with Crippen molar-refractivity contribution in [3.63, 3.8) is 0 Å². The number of piperazine rings is 1. The van der Waals surface area contributed by atoms with Gasteiger partial charge in [0.2, 0.25) is 0 Å². The summed E-state index contributed by atoms with van der Waals surface area (Å²) in [7, 11) is 0. The number of hydrogen-bond donors (Lipinski definition) is 2. The van der Waals surface area contributed by atoms with E-state index in [-0.39, 0.29) is 0 Å². The Morgan fingerprint density at radius 3 is 1.88 bits per heavy atom. The third kappa shape index (κ3) is 5.04. The van der Waals surface area contributed by atoms with E-state index < -0.39 is 11.9 Å². The van der Waals surface area contributed by atoms with Crippen LogP contribution < -0.4 is 10.6 Å². The lowest BCUT2D eigenvalue weighted by Crippen LogP contribution is -2.39. The summed E-state index contributed by atoms with van der Waals surface area (Å²) in [6.45, 7) is 4.56. The van der Waals surface area contributed by atoms with E-state index in [0.29, 0.717) is 0 Å². The zero-order valence-electron chi connectivity index (χ0n) is 8.59. The summed E-state index contributed by atoms with van der Waals surface area (Å²) >= 11 is 0. The van der Waals surface area contributed by atoms with Crippen molar-refractivity contribution in [1.29, 1.82) is 0 Å². The lowest BCUT2D eigenvalue weighted by atomic mass is 10.4. The lowest BCUT2D eigenvalue weighted by Gasteiger charge is -2.11. The maximum atomic E-state index is 11.7. The largest absolute Gasteiger partial charge is 0.433 e. The van der Waals surface area contributed by atoms with Gasteiger partial charge in [-0.05, 0) is 6.07 Å². The van der Waals surface area contributed by atoms with Gasteiger partial charge in [0, 0.05) is 32.4 Å². The predicted octanol–water partition coefficient (Wildman–Crippen LogP) is 0.675. The number of aromatic nitrogens is 2. The van der Waals surface area contributed by atoms with Gasteiger partial charge < -0.3 is 10.6 Å². The molecule has 0 bridgehead atoms. The molecule has 0 atom stereocenters. The first kappa shape index (κ1) is 12.9. The Morgan fingerprint density at radius 1 is 1.06 bits per heavy atom. The number of halogens is 3. The molecule has 1 fully saturated rings. The zero-order chi connectivity index (χ0) is 11.9. The van der Waals surface area contributed by atoms with Crippen LogP contribution in [-0.4, -0.2) is 36.1 Å². The smallest absolute Gasteiger partial charge is 0.314 e. The molecular weight excluding hydrogens is 221 g/mol. The second-order valence-corrected chi connectivity index (χ2v) is 3.09. The van der Waals surface area contributed by atoms with E-state index in [9.17, 15) is 13.2 Å². The molecule has 4 nitrogen and oxygen atoms in total. The first-order chi connectivity index (χ1) is 7.61. The highest BCUT2D eigenvalue weighted by Crippen LogP contribution is 2.26. The van der Waals surface area contributed by atoms with Crippen LogP contribution in [0.1, 0.15) is 5.69 Å². The van der Waals surface area contributed by atoms with Crippen molar-refractivity contribution in [2.24, 2.45) is 0 Å². The quantitative estimate of drug-likeness (QED) is 0.693. The highest BCUT2D eigenvalue weighted by Gasteiger charge is 2.31. The van der Waals surface area contributed by atoms with E-state index in [1.165, 1.54) is 0 Å². The fourth-order valence-corrected chi connectivity index (χ4v) is 1.06. The number of nitrogens with one attached hydrogen (secondary N) is 2. The topological polar surface area (TPSA) is 49.8 Å². The van der Waals surface area contributed by atoms with Crippen molar-refractivity contribution >= 4 is 0 Å². The molecule has 1 aromatic heterocycles. The highest BCUT2D eigenvalue weighted by atomic mass is 19.4. The number of hydrogen-bond acceptors (Lipinski definition) is 4. The van der Waals surface area contributed by atoms with E-state index in [1.54, 1.807) is 0 Å². The van der Waals surface area contributed by atoms with Crippen LogP contribution in [0.15, 0.2) is 18.6 Å². The molecule has 0 aromatic carbocycles. The minimum atomic E-state index is -4.36. The van der Waals surface area contributed by atoms with Crippen LogP contribution in [0.25, 0.3) is 0 Å². The summed E-state index contributed by atoms with van der Waals surface area (Å²) in [4.78, 5) is 6.36. The molecule has 0 saturated carbocycles. The van der Waals surface area contributed by atoms with Gasteiger partial charge in [-0.25, -0.2) is 9.97 Å². The minimum Gasteiger partial charge on any atom is -0.314 e. The van der Waals surface area contributed by atoms with Crippen LogP contribution in [0.3, 0.4) is 0 Å². The van der Waals surface area contributed by atoms with E-state index in [1.807, 2.05) is 0 Å². The van der Waals surface area contributed by atoms with Gasteiger partial charge in [0.1, 0.15) is 12.0 Å². The van der Waals surface area contributed by atoms with Crippen molar-refractivity contribution in [2.75, 3.05) is 26.2 Å². The number of alkyl halides is 3. The monoisotopic (exact) mass is 234 g/mol. The Morgan fingerprint density at radius 2 is 1.62 bits per heavy atom. The second-order valence-electron chi connectivity index (χ2n) is 3.09. The van der Waals surface area contributed by atoms with E-state index in [2.05, 4.69) is 20.6 Å². The van der Waals surface area contributed by atoms with Crippen LogP contribution in [0.4, 0.5) is 13.2 Å². The fraction of sp³-hybridized carbons (Fsp3) is 0.556. The molecule has 0 unspecified atom stereocenters. The maximum absolute atomic E-state index is 11.7. The van der Waals surface area contributed by atoms with Crippen molar-refractivity contribution in [1.82, 2.24) is 20.6 Å². The fourth-order valence-electron chi connectivity index (χ4n) is 1.06. The van der Waals surface area contributed by atoms with Gasteiger partial charge in [-0.1, -0.05) is 0 Å². The lowest BCUT2D eigenvalue weighted by molar-refractivity contribution is -0.141. The molecule has 7 heteroatoms. The zero-order valence-corrected chi connectivity index (χ0v) is 8.59. The molecule has 16 heavy (non-hydrogen) atoms. The van der Waals surface area contributed by atoms with Crippen LogP contribution in [0.2, 0.25) is 0 Å². The molecule has 2 rings (SSSR count). The SMILES string of the molecule is C1CNCCN1.FC(F)(F)c1ccncn1. The molecule has 0 radical (unpaired) electrons. The number of rotatable bonds is 0. The third-order valence-corrected chi connectivity index (χ3v) is 1.83. The van der Waals surface area contributed by atoms with Gasteiger partial charge >= 0.3 is 6.18 Å². The molecule has 1 aromatic rings. The molecule has 2 heterocycles. The van der Waals surface area contributed by atoms with Crippen molar-refractivity contribution < 1.29 is 13.2 Å². The minimum absolute atomic E-state index is 0.819. The van der Waals surface area contributed by atoms with Gasteiger partial charge in [-0.15, -0.1) is 0 Å². The van der Waals surface area contributed by atoms with Crippen LogP contribution in [-0.2, 0) is 6.18 Å². The Hall–Kier alpha value is -1.21. The Kier molecular flexibility index (Phi) is 5.13. The Bertz CT molecular complexity index is 273. The summed E-state index contributed by atoms with van der Waals surface area (Å²) in [6, 6.07) is 0.819. The highest BCUT2D eigenvalue weighted by molar-refractivity contribution is 5.01. The van der Waals surface area contributed by atoms with Gasteiger partial charge in [0.25, 0.3) is 0 Å². The standard InChI is InChI=1S/C5H3F3N2.C4H10N2/c6-5(7,8)4-1-2-9-3-10-4;1-2-6-4-3-5-1/h1-3H;5-6H,1-4H2. The van der Waals surface area contributed by atoms with Crippen LogP contribution in [0, 0.1) is 0 Å². The van der Waals surface area contributed by atoms with E-state index in [0.717, 1.165) is 44.8 Å². The summed E-state index contributed by atoms with van der Waals surface area (Å²) in [5.74, 6) is 0. The molecule has 0 aliphatic carbocycles. The average molecular weight is 234 g/mol. The molecular formula is C9H13F3N4. The van der Waals surface area contributed by atoms with Crippen LogP contribution in [0.5, 0.6) is 0 Å². The van der Waals surface area contributed by atoms with Gasteiger partial charge in [0.15, 0.2) is 0 Å². The molecule has 1 saturated heterocycles. The third-order valence-electron chi connectivity index (χ3n) is 1.83. The van der Waals surface area contributed by atoms with Crippen molar-refractivity contribution in [3.05, 3.63) is 24.3 Å². The Balaban J connectivity index is 0.000000181. The van der Waals surface area contributed by atoms with Crippen LogP contribution >= 0.6 is 0 Å². The molecule has 2 N–H and O–H groups in total. The first-order valence-electron chi connectivity index (χ1n) is 4.85. The van der Waals surface area contributed by atoms with Gasteiger partial charge in [-0.3, -0.25) is 0 Å². The predicted molar refractivity (Wildman–Crippen MR) is 52.8 cm³/mol. The molecule has 0 amide bonds. The molecule has 0 spiro atoms.